The molecule has 0 aliphatic heterocycles. The van der Waals surface area contributed by atoms with Crippen molar-refractivity contribution in [2.75, 3.05) is 24.3 Å². The SMILES string of the molecule is Cc1ccc(NC(=O)CSc2ccccc2C(=O)OCCOc2ccc(C)cc2)cc1. The third-order valence-corrected chi connectivity index (χ3v) is 5.48. The highest BCUT2D eigenvalue weighted by Gasteiger charge is 2.14. The third-order valence-electron chi connectivity index (χ3n) is 4.41. The van der Waals surface area contributed by atoms with Gasteiger partial charge in [0, 0.05) is 10.6 Å². The standard InChI is InChI=1S/C25H25NO4S/c1-18-7-11-20(12-8-18)26-24(27)17-31-23-6-4-3-5-22(23)25(28)30-16-15-29-21-13-9-19(2)10-14-21/h3-14H,15-17H2,1-2H3,(H,26,27). The monoisotopic (exact) mass is 435 g/mol. The molecule has 3 aromatic carbocycles. The Hall–Kier alpha value is -3.25. The zero-order valence-electron chi connectivity index (χ0n) is 17.6. The van der Waals surface area contributed by atoms with Gasteiger partial charge in [-0.15, -0.1) is 11.8 Å². The van der Waals surface area contributed by atoms with Crippen LogP contribution in [0.1, 0.15) is 21.5 Å². The van der Waals surface area contributed by atoms with E-state index in [1.54, 1.807) is 12.1 Å². The summed E-state index contributed by atoms with van der Waals surface area (Å²) in [7, 11) is 0. The second-order valence-corrected chi connectivity index (χ2v) is 8.01. The summed E-state index contributed by atoms with van der Waals surface area (Å²) in [6, 6.07) is 22.4. The van der Waals surface area contributed by atoms with E-state index in [4.69, 9.17) is 9.47 Å². The Kier molecular flexibility index (Phi) is 8.12. The molecule has 0 unspecified atom stereocenters. The Morgan fingerprint density at radius 1 is 0.839 bits per heavy atom. The summed E-state index contributed by atoms with van der Waals surface area (Å²) in [5, 5.41) is 2.86. The Bertz CT molecular complexity index is 1020. The fourth-order valence-corrected chi connectivity index (χ4v) is 3.58. The number of esters is 1. The maximum Gasteiger partial charge on any atom is 0.339 e. The predicted octanol–water partition coefficient (Wildman–Crippen LogP) is 5.27. The van der Waals surface area contributed by atoms with Crippen LogP contribution in [0.3, 0.4) is 0 Å². The van der Waals surface area contributed by atoms with Crippen LogP contribution in [-0.2, 0) is 9.53 Å². The van der Waals surface area contributed by atoms with Crippen molar-refractivity contribution < 1.29 is 19.1 Å². The summed E-state index contributed by atoms with van der Waals surface area (Å²) in [5.41, 5.74) is 3.47. The molecule has 5 nitrogen and oxygen atoms in total. The molecule has 160 valence electrons. The molecule has 0 aliphatic rings. The van der Waals surface area contributed by atoms with Gasteiger partial charge in [0.1, 0.15) is 19.0 Å². The summed E-state index contributed by atoms with van der Waals surface area (Å²) >= 11 is 1.30. The topological polar surface area (TPSA) is 64.6 Å². The zero-order chi connectivity index (χ0) is 22.1. The van der Waals surface area contributed by atoms with Crippen LogP contribution < -0.4 is 10.1 Å². The van der Waals surface area contributed by atoms with E-state index < -0.39 is 5.97 Å². The molecular weight excluding hydrogens is 410 g/mol. The smallest absolute Gasteiger partial charge is 0.339 e. The maximum atomic E-state index is 12.5. The molecule has 3 rings (SSSR count). The van der Waals surface area contributed by atoms with Crippen LogP contribution in [0, 0.1) is 13.8 Å². The number of aryl methyl sites for hydroxylation is 2. The lowest BCUT2D eigenvalue weighted by Crippen LogP contribution is -2.15. The molecule has 0 radical (unpaired) electrons. The zero-order valence-corrected chi connectivity index (χ0v) is 18.4. The predicted molar refractivity (Wildman–Crippen MR) is 124 cm³/mol. The molecule has 0 saturated heterocycles. The number of hydrogen-bond acceptors (Lipinski definition) is 5. The van der Waals surface area contributed by atoms with Crippen LogP contribution in [-0.4, -0.2) is 30.8 Å². The molecule has 0 spiro atoms. The number of anilines is 1. The number of thioether (sulfide) groups is 1. The molecule has 6 heteroatoms. The van der Waals surface area contributed by atoms with Gasteiger partial charge in [-0.2, -0.15) is 0 Å². The van der Waals surface area contributed by atoms with Crippen molar-refractivity contribution in [2.24, 2.45) is 0 Å². The van der Waals surface area contributed by atoms with Crippen molar-refractivity contribution >= 4 is 29.3 Å². The Morgan fingerprint density at radius 3 is 2.19 bits per heavy atom. The number of carbonyl (C=O) groups excluding carboxylic acids is 2. The fraction of sp³-hybridized carbons (Fsp3) is 0.200. The summed E-state index contributed by atoms with van der Waals surface area (Å²) in [6.45, 7) is 4.40. The lowest BCUT2D eigenvalue weighted by molar-refractivity contribution is -0.113. The van der Waals surface area contributed by atoms with Crippen molar-refractivity contribution in [3.05, 3.63) is 89.5 Å². The van der Waals surface area contributed by atoms with Crippen molar-refractivity contribution in [1.29, 1.82) is 0 Å². The molecule has 31 heavy (non-hydrogen) atoms. The van der Waals surface area contributed by atoms with Crippen LogP contribution in [0.4, 0.5) is 5.69 Å². The number of benzene rings is 3. The Morgan fingerprint density at radius 2 is 1.48 bits per heavy atom. The van der Waals surface area contributed by atoms with E-state index in [0.29, 0.717) is 10.5 Å². The maximum absolute atomic E-state index is 12.5. The molecule has 3 aromatic rings. The number of hydrogen-bond donors (Lipinski definition) is 1. The quantitative estimate of drug-likeness (QED) is 0.282. The average Bonchev–Trinajstić information content (AvgIpc) is 2.78. The lowest BCUT2D eigenvalue weighted by atomic mass is 10.2. The summed E-state index contributed by atoms with van der Waals surface area (Å²) in [5.74, 6) is 0.351. The van der Waals surface area contributed by atoms with Crippen molar-refractivity contribution in [2.45, 2.75) is 18.7 Å². The van der Waals surface area contributed by atoms with Gasteiger partial charge in [-0.05, 0) is 50.2 Å². The van der Waals surface area contributed by atoms with Gasteiger partial charge in [0.25, 0.3) is 0 Å². The van der Waals surface area contributed by atoms with E-state index in [-0.39, 0.29) is 24.9 Å². The number of amides is 1. The highest BCUT2D eigenvalue weighted by Crippen LogP contribution is 2.24. The molecule has 0 saturated carbocycles. The average molecular weight is 436 g/mol. The largest absolute Gasteiger partial charge is 0.490 e. The van der Waals surface area contributed by atoms with Gasteiger partial charge in [-0.3, -0.25) is 4.79 Å². The van der Waals surface area contributed by atoms with E-state index in [1.807, 2.05) is 74.5 Å². The van der Waals surface area contributed by atoms with E-state index in [9.17, 15) is 9.59 Å². The number of rotatable bonds is 9. The van der Waals surface area contributed by atoms with E-state index in [2.05, 4.69) is 5.32 Å². The van der Waals surface area contributed by atoms with Gasteiger partial charge < -0.3 is 14.8 Å². The Balaban J connectivity index is 1.48. The van der Waals surface area contributed by atoms with Gasteiger partial charge >= 0.3 is 5.97 Å². The Labute approximate surface area is 186 Å². The van der Waals surface area contributed by atoms with Crippen LogP contribution in [0.25, 0.3) is 0 Å². The van der Waals surface area contributed by atoms with Crippen molar-refractivity contribution in [3.63, 3.8) is 0 Å². The molecule has 0 bridgehead atoms. The normalized spacial score (nSPS) is 10.4. The van der Waals surface area contributed by atoms with Crippen LogP contribution in [0.5, 0.6) is 5.75 Å². The first-order valence-corrected chi connectivity index (χ1v) is 10.9. The first kappa shape index (κ1) is 22.4. The van der Waals surface area contributed by atoms with Gasteiger partial charge in [0.05, 0.1) is 11.3 Å². The van der Waals surface area contributed by atoms with E-state index >= 15 is 0 Å². The summed E-state index contributed by atoms with van der Waals surface area (Å²) < 4.78 is 10.9. The third kappa shape index (κ3) is 7.19. The van der Waals surface area contributed by atoms with Crippen LogP contribution in [0.15, 0.2) is 77.7 Å². The molecule has 0 aromatic heterocycles. The first-order valence-electron chi connectivity index (χ1n) is 9.96. The van der Waals surface area contributed by atoms with E-state index in [1.165, 1.54) is 11.8 Å². The molecule has 0 aliphatic carbocycles. The van der Waals surface area contributed by atoms with Crippen molar-refractivity contribution in [1.82, 2.24) is 0 Å². The molecule has 1 amide bonds. The van der Waals surface area contributed by atoms with Crippen LogP contribution >= 0.6 is 11.8 Å². The number of ether oxygens (including phenoxy) is 2. The van der Waals surface area contributed by atoms with Crippen molar-refractivity contribution in [3.8, 4) is 5.75 Å². The second-order valence-electron chi connectivity index (χ2n) is 7.00. The van der Waals surface area contributed by atoms with Gasteiger partial charge in [0.2, 0.25) is 5.91 Å². The molecular formula is C25H25NO4S. The molecule has 0 heterocycles. The second kappa shape index (κ2) is 11.2. The summed E-state index contributed by atoms with van der Waals surface area (Å²) in [6.07, 6.45) is 0. The molecule has 0 atom stereocenters. The molecule has 1 N–H and O–H groups in total. The lowest BCUT2D eigenvalue weighted by Gasteiger charge is -2.11. The number of carbonyl (C=O) groups is 2. The van der Waals surface area contributed by atoms with Gasteiger partial charge in [-0.25, -0.2) is 4.79 Å². The fourth-order valence-electron chi connectivity index (χ4n) is 2.74. The van der Waals surface area contributed by atoms with E-state index in [0.717, 1.165) is 22.6 Å². The minimum absolute atomic E-state index is 0.136. The van der Waals surface area contributed by atoms with Gasteiger partial charge in [0.15, 0.2) is 0 Å². The first-order chi connectivity index (χ1) is 15.0. The van der Waals surface area contributed by atoms with Gasteiger partial charge in [-0.1, -0.05) is 47.5 Å². The summed E-state index contributed by atoms with van der Waals surface area (Å²) in [4.78, 5) is 25.5. The highest BCUT2D eigenvalue weighted by atomic mass is 32.2. The highest BCUT2D eigenvalue weighted by molar-refractivity contribution is 8.00. The number of nitrogens with one attached hydrogen (secondary N) is 1. The minimum Gasteiger partial charge on any atom is -0.490 e. The minimum atomic E-state index is -0.436. The molecule has 0 fully saturated rings. The van der Waals surface area contributed by atoms with Crippen LogP contribution in [0.2, 0.25) is 0 Å².